The minimum Gasteiger partial charge on any atom is -0.340 e. The lowest BCUT2D eigenvalue weighted by Crippen LogP contribution is -2.49. The number of sulfonamides is 1. The van der Waals surface area contributed by atoms with Gasteiger partial charge in [0.15, 0.2) is 0 Å². The largest absolute Gasteiger partial charge is 0.340 e. The number of nitrogens with zero attached hydrogens (tertiary/aromatic N) is 2. The number of nitrogens with one attached hydrogen (secondary N) is 1. The van der Waals surface area contributed by atoms with Crippen molar-refractivity contribution >= 4 is 27.5 Å². The van der Waals surface area contributed by atoms with Crippen LogP contribution in [0.3, 0.4) is 0 Å². The molecule has 3 N–H and O–H groups in total. The summed E-state index contributed by atoms with van der Waals surface area (Å²) in [5, 5.41) is 7.82. The molecule has 2 amide bonds. The molecule has 31 heavy (non-hydrogen) atoms. The van der Waals surface area contributed by atoms with Crippen molar-refractivity contribution in [3.05, 3.63) is 59.7 Å². The number of piperazine rings is 1. The molecule has 9 heteroatoms. The van der Waals surface area contributed by atoms with Crippen LogP contribution >= 0.6 is 0 Å². The van der Waals surface area contributed by atoms with Crippen molar-refractivity contribution < 1.29 is 18.0 Å². The molecule has 1 heterocycles. The average molecular weight is 445 g/mol. The highest BCUT2D eigenvalue weighted by molar-refractivity contribution is 7.89. The molecule has 3 rings (SSSR count). The van der Waals surface area contributed by atoms with Crippen LogP contribution in [0.5, 0.6) is 0 Å². The summed E-state index contributed by atoms with van der Waals surface area (Å²) in [4.78, 5) is 28.7. The van der Waals surface area contributed by atoms with Crippen LogP contribution in [0.4, 0.5) is 5.69 Å². The first-order chi connectivity index (χ1) is 14.7. The van der Waals surface area contributed by atoms with E-state index in [2.05, 4.69) is 10.2 Å². The minimum absolute atomic E-state index is 0.000273. The van der Waals surface area contributed by atoms with Gasteiger partial charge in [0.2, 0.25) is 21.8 Å². The third-order valence-electron chi connectivity index (χ3n) is 5.32. The maximum Gasteiger partial charge on any atom is 0.238 e. The molecule has 1 aliphatic heterocycles. The standard InChI is InChI=1S/C22H28N4O4S/c1-17-2-4-18(5-3-17)16-22(28)26-14-12-25(13-15-26)11-10-21(27)24-19-6-8-20(9-7-19)31(23,29)30/h2-9H,10-16H2,1H3,(H,24,27)(H2,23,29,30). The maximum atomic E-state index is 12.5. The van der Waals surface area contributed by atoms with Crippen LogP contribution in [0, 0.1) is 6.92 Å². The fourth-order valence-corrected chi connectivity index (χ4v) is 3.94. The van der Waals surface area contributed by atoms with Gasteiger partial charge in [0.25, 0.3) is 0 Å². The quantitative estimate of drug-likeness (QED) is 0.670. The van der Waals surface area contributed by atoms with Crippen LogP contribution in [0.2, 0.25) is 0 Å². The highest BCUT2D eigenvalue weighted by atomic mass is 32.2. The predicted octanol–water partition coefficient (Wildman–Crippen LogP) is 1.36. The van der Waals surface area contributed by atoms with E-state index in [4.69, 9.17) is 5.14 Å². The molecule has 2 aromatic rings. The van der Waals surface area contributed by atoms with Gasteiger partial charge >= 0.3 is 0 Å². The zero-order chi connectivity index (χ0) is 22.4. The van der Waals surface area contributed by atoms with Gasteiger partial charge in [0.1, 0.15) is 0 Å². The summed E-state index contributed by atoms with van der Waals surface area (Å²) in [6.45, 7) is 5.39. The van der Waals surface area contributed by atoms with Crippen molar-refractivity contribution in [2.45, 2.75) is 24.7 Å². The first-order valence-electron chi connectivity index (χ1n) is 10.2. The van der Waals surface area contributed by atoms with Crippen LogP contribution in [0.1, 0.15) is 17.5 Å². The highest BCUT2D eigenvalue weighted by Crippen LogP contribution is 2.13. The first-order valence-corrected chi connectivity index (χ1v) is 11.7. The minimum atomic E-state index is -3.75. The molecule has 0 spiro atoms. The summed E-state index contributed by atoms with van der Waals surface area (Å²) in [6.07, 6.45) is 0.723. The molecular formula is C22H28N4O4S. The highest BCUT2D eigenvalue weighted by Gasteiger charge is 2.21. The fraction of sp³-hybridized carbons (Fsp3) is 0.364. The molecular weight excluding hydrogens is 416 g/mol. The monoisotopic (exact) mass is 444 g/mol. The molecule has 0 saturated carbocycles. The lowest BCUT2D eigenvalue weighted by Gasteiger charge is -2.34. The Labute approximate surface area is 183 Å². The van der Waals surface area contributed by atoms with E-state index in [-0.39, 0.29) is 16.7 Å². The van der Waals surface area contributed by atoms with Gasteiger partial charge in [-0.25, -0.2) is 13.6 Å². The molecule has 2 aromatic carbocycles. The Morgan fingerprint density at radius 1 is 0.968 bits per heavy atom. The van der Waals surface area contributed by atoms with E-state index in [1.807, 2.05) is 36.1 Å². The second-order valence-electron chi connectivity index (χ2n) is 7.75. The molecule has 8 nitrogen and oxygen atoms in total. The van der Waals surface area contributed by atoms with Crippen molar-refractivity contribution in [3.8, 4) is 0 Å². The molecule has 0 unspecified atom stereocenters. The van der Waals surface area contributed by atoms with E-state index in [0.29, 0.717) is 38.2 Å². The van der Waals surface area contributed by atoms with Gasteiger partial charge < -0.3 is 10.2 Å². The number of benzene rings is 2. The molecule has 1 aliphatic rings. The van der Waals surface area contributed by atoms with Crippen molar-refractivity contribution in [2.24, 2.45) is 5.14 Å². The molecule has 1 fully saturated rings. The van der Waals surface area contributed by atoms with Crippen LogP contribution in [0.15, 0.2) is 53.4 Å². The third kappa shape index (κ3) is 6.88. The molecule has 166 valence electrons. The normalized spacial score (nSPS) is 15.0. The number of amides is 2. The lowest BCUT2D eigenvalue weighted by molar-refractivity contribution is -0.132. The first kappa shape index (κ1) is 22.9. The Hall–Kier alpha value is -2.75. The van der Waals surface area contributed by atoms with Gasteiger partial charge in [-0.2, -0.15) is 0 Å². The number of rotatable bonds is 7. The Kier molecular flexibility index (Phi) is 7.42. The topological polar surface area (TPSA) is 113 Å². The number of carbonyl (C=O) groups is 2. The van der Waals surface area contributed by atoms with Gasteiger partial charge in [-0.05, 0) is 36.8 Å². The summed E-state index contributed by atoms with van der Waals surface area (Å²) in [5.41, 5.74) is 2.71. The van der Waals surface area contributed by atoms with Gasteiger partial charge in [-0.3, -0.25) is 14.5 Å². The number of hydrogen-bond donors (Lipinski definition) is 2. The molecule has 0 aromatic heterocycles. The molecule has 1 saturated heterocycles. The second kappa shape index (κ2) is 10.0. The van der Waals surface area contributed by atoms with Gasteiger partial charge in [-0.15, -0.1) is 0 Å². The summed E-state index contributed by atoms with van der Waals surface area (Å²) in [6, 6.07) is 13.7. The van der Waals surface area contributed by atoms with Crippen LogP contribution < -0.4 is 10.5 Å². The average Bonchev–Trinajstić information content (AvgIpc) is 2.74. The number of carbonyl (C=O) groups excluding carboxylic acids is 2. The number of hydrogen-bond acceptors (Lipinski definition) is 5. The Morgan fingerprint density at radius 3 is 2.16 bits per heavy atom. The Morgan fingerprint density at radius 2 is 1.58 bits per heavy atom. The zero-order valence-corrected chi connectivity index (χ0v) is 18.4. The zero-order valence-electron chi connectivity index (χ0n) is 17.6. The molecule has 0 bridgehead atoms. The van der Waals surface area contributed by atoms with E-state index < -0.39 is 10.0 Å². The van der Waals surface area contributed by atoms with Gasteiger partial charge in [-0.1, -0.05) is 29.8 Å². The van der Waals surface area contributed by atoms with Crippen molar-refractivity contribution in [1.29, 1.82) is 0 Å². The van der Waals surface area contributed by atoms with Crippen molar-refractivity contribution in [3.63, 3.8) is 0 Å². The Bertz CT molecular complexity index is 1010. The van der Waals surface area contributed by atoms with Gasteiger partial charge in [0.05, 0.1) is 11.3 Å². The Balaban J connectivity index is 1.39. The maximum absolute atomic E-state index is 12.5. The summed E-state index contributed by atoms with van der Waals surface area (Å²) < 4.78 is 22.5. The SMILES string of the molecule is Cc1ccc(CC(=O)N2CCN(CCC(=O)Nc3ccc(S(N)(=O)=O)cc3)CC2)cc1. The number of aryl methyl sites for hydroxylation is 1. The van der Waals surface area contributed by atoms with E-state index in [9.17, 15) is 18.0 Å². The summed E-state index contributed by atoms with van der Waals surface area (Å²) in [5.74, 6) is -0.0228. The van der Waals surface area contributed by atoms with E-state index in [0.717, 1.165) is 18.7 Å². The van der Waals surface area contributed by atoms with Crippen LogP contribution in [-0.2, 0) is 26.0 Å². The summed E-state index contributed by atoms with van der Waals surface area (Å²) >= 11 is 0. The predicted molar refractivity (Wildman–Crippen MR) is 119 cm³/mol. The number of nitrogens with two attached hydrogens (primary N) is 1. The number of anilines is 1. The lowest BCUT2D eigenvalue weighted by atomic mass is 10.1. The third-order valence-corrected chi connectivity index (χ3v) is 6.25. The van der Waals surface area contributed by atoms with E-state index in [1.54, 1.807) is 0 Å². The smallest absolute Gasteiger partial charge is 0.238 e. The van der Waals surface area contributed by atoms with Crippen molar-refractivity contribution in [2.75, 3.05) is 38.0 Å². The fourth-order valence-electron chi connectivity index (χ4n) is 3.42. The van der Waals surface area contributed by atoms with Gasteiger partial charge in [0, 0.05) is 44.8 Å². The van der Waals surface area contributed by atoms with Crippen molar-refractivity contribution in [1.82, 2.24) is 9.80 Å². The van der Waals surface area contributed by atoms with E-state index in [1.165, 1.54) is 29.8 Å². The molecule has 0 aliphatic carbocycles. The van der Waals surface area contributed by atoms with Crippen LogP contribution in [0.25, 0.3) is 0 Å². The van der Waals surface area contributed by atoms with E-state index >= 15 is 0 Å². The van der Waals surface area contributed by atoms with Crippen LogP contribution in [-0.4, -0.2) is 62.8 Å². The molecule has 0 atom stereocenters. The summed E-state index contributed by atoms with van der Waals surface area (Å²) in [7, 11) is -3.75. The number of primary sulfonamides is 1. The molecule has 0 radical (unpaired) electrons. The second-order valence-corrected chi connectivity index (χ2v) is 9.31.